The van der Waals surface area contributed by atoms with Crippen molar-refractivity contribution in [2.45, 2.75) is 143 Å². The molecular formula is C29H60O4Si2. The monoisotopic (exact) mass is 528 g/mol. The van der Waals surface area contributed by atoms with Gasteiger partial charge in [-0.05, 0) is 67.9 Å². The minimum atomic E-state index is -2.13. The summed E-state index contributed by atoms with van der Waals surface area (Å²) in [6.45, 7) is 34.5. The van der Waals surface area contributed by atoms with Crippen LogP contribution in [0.5, 0.6) is 0 Å². The van der Waals surface area contributed by atoms with Crippen molar-refractivity contribution < 1.29 is 18.8 Å². The summed E-state index contributed by atoms with van der Waals surface area (Å²) in [4.78, 5) is 14.2. The minimum absolute atomic E-state index is 0.00618. The zero-order chi connectivity index (χ0) is 28.0. The topological polar surface area (TPSA) is 55.8 Å². The Hall–Kier alpha value is -0.276. The average Bonchev–Trinajstić information content (AvgIpc) is 2.68. The molecule has 0 aromatic carbocycles. The minimum Gasteiger partial charge on any atom is -0.413 e. The van der Waals surface area contributed by atoms with Gasteiger partial charge in [0.05, 0.1) is 12.2 Å². The number of aliphatic hydroxyl groups excluding tert-OH is 1. The number of carbonyl (C=O) groups excluding carboxylic acids is 1. The molecule has 0 fully saturated rings. The Kier molecular flexibility index (Phi) is 12.9. The second kappa shape index (κ2) is 13.0. The van der Waals surface area contributed by atoms with Crippen LogP contribution in [0, 0.1) is 17.3 Å². The highest BCUT2D eigenvalue weighted by Gasteiger charge is 2.49. The molecule has 0 heterocycles. The van der Waals surface area contributed by atoms with E-state index in [4.69, 9.17) is 8.85 Å². The Morgan fingerprint density at radius 1 is 0.886 bits per heavy atom. The van der Waals surface area contributed by atoms with Crippen LogP contribution in [0.15, 0.2) is 12.7 Å². The fraction of sp³-hybridized carbons (Fsp3) is 0.897. The molecule has 0 radical (unpaired) electrons. The molecule has 6 heteroatoms. The molecule has 208 valence electrons. The molecule has 0 aromatic heterocycles. The smallest absolute Gasteiger partial charge is 0.192 e. The number of aliphatic hydroxyl groups is 1. The second-order valence-electron chi connectivity index (χ2n) is 14.3. The van der Waals surface area contributed by atoms with Crippen molar-refractivity contribution in [2.24, 2.45) is 17.3 Å². The second-order valence-corrected chi connectivity index (χ2v) is 23.8. The van der Waals surface area contributed by atoms with Crippen molar-refractivity contribution in [3.05, 3.63) is 12.7 Å². The third kappa shape index (κ3) is 9.52. The van der Waals surface area contributed by atoms with E-state index in [1.165, 1.54) is 0 Å². The summed E-state index contributed by atoms with van der Waals surface area (Å²) in [5, 5.41) is 9.97. The Morgan fingerprint density at radius 3 is 1.74 bits per heavy atom. The molecule has 0 amide bonds. The van der Waals surface area contributed by atoms with Crippen LogP contribution in [0.2, 0.25) is 36.3 Å². The van der Waals surface area contributed by atoms with Gasteiger partial charge in [-0.1, -0.05) is 75.3 Å². The molecule has 1 N–H and O–H groups in total. The quantitative estimate of drug-likeness (QED) is 0.132. The van der Waals surface area contributed by atoms with Gasteiger partial charge in [0.2, 0.25) is 0 Å². The van der Waals surface area contributed by atoms with Crippen LogP contribution in [0.1, 0.15) is 94.9 Å². The van der Waals surface area contributed by atoms with E-state index < -0.39 is 22.0 Å². The van der Waals surface area contributed by atoms with Crippen LogP contribution >= 0.6 is 0 Å². The maximum Gasteiger partial charge on any atom is 0.192 e. The number of Topliss-reactive ketones (excluding diaryl/α,β-unsaturated/α-hetero) is 1. The lowest BCUT2D eigenvalue weighted by Gasteiger charge is -2.46. The summed E-state index contributed by atoms with van der Waals surface area (Å²) >= 11 is 0. The molecule has 0 aliphatic rings. The Bertz CT molecular complexity index is 671. The lowest BCUT2D eigenvalue weighted by molar-refractivity contribution is -0.141. The van der Waals surface area contributed by atoms with E-state index in [0.29, 0.717) is 6.42 Å². The first-order valence-electron chi connectivity index (χ1n) is 13.7. The van der Waals surface area contributed by atoms with Crippen molar-refractivity contribution in [1.29, 1.82) is 0 Å². The summed E-state index contributed by atoms with van der Waals surface area (Å²) in [5.74, 6) is 0.174. The molecule has 4 atom stereocenters. The normalized spacial score (nSPS) is 17.6. The highest BCUT2D eigenvalue weighted by molar-refractivity contribution is 6.74. The van der Waals surface area contributed by atoms with Gasteiger partial charge in [-0.2, -0.15) is 0 Å². The van der Waals surface area contributed by atoms with Gasteiger partial charge in [0.25, 0.3) is 0 Å². The largest absolute Gasteiger partial charge is 0.413 e. The number of hydrogen-bond donors (Lipinski definition) is 1. The molecule has 0 bridgehead atoms. The number of hydrogen-bond acceptors (Lipinski definition) is 4. The van der Waals surface area contributed by atoms with Crippen molar-refractivity contribution in [2.75, 3.05) is 6.61 Å². The Morgan fingerprint density at radius 2 is 1.34 bits per heavy atom. The zero-order valence-corrected chi connectivity index (χ0v) is 27.8. The Labute approximate surface area is 220 Å². The fourth-order valence-corrected chi connectivity index (χ4v) is 7.04. The molecule has 0 saturated carbocycles. The van der Waals surface area contributed by atoms with E-state index in [2.05, 4.69) is 81.2 Å². The summed E-state index contributed by atoms with van der Waals surface area (Å²) in [6, 6.07) is 0. The molecule has 0 spiro atoms. The van der Waals surface area contributed by atoms with E-state index >= 15 is 0 Å². The molecule has 4 nitrogen and oxygen atoms in total. The van der Waals surface area contributed by atoms with Gasteiger partial charge in [-0.25, -0.2) is 0 Å². The zero-order valence-electron chi connectivity index (χ0n) is 25.8. The van der Waals surface area contributed by atoms with Crippen LogP contribution < -0.4 is 0 Å². The third-order valence-electron chi connectivity index (χ3n) is 8.85. The van der Waals surface area contributed by atoms with Crippen LogP contribution in [0.3, 0.4) is 0 Å². The summed E-state index contributed by atoms with van der Waals surface area (Å²) < 4.78 is 13.7. The van der Waals surface area contributed by atoms with Crippen LogP contribution in [-0.2, 0) is 13.6 Å². The molecule has 0 rings (SSSR count). The van der Waals surface area contributed by atoms with Crippen molar-refractivity contribution in [3.8, 4) is 0 Å². The summed E-state index contributed by atoms with van der Waals surface area (Å²) in [5.41, 5.74) is -0.729. The molecule has 35 heavy (non-hydrogen) atoms. The van der Waals surface area contributed by atoms with Crippen LogP contribution in [0.25, 0.3) is 0 Å². The van der Waals surface area contributed by atoms with Crippen LogP contribution in [0.4, 0.5) is 0 Å². The third-order valence-corrected chi connectivity index (χ3v) is 17.8. The number of unbranched alkanes of at least 4 members (excludes halogenated alkanes) is 1. The van der Waals surface area contributed by atoms with Gasteiger partial charge in [0.1, 0.15) is 5.78 Å². The number of carbonyl (C=O) groups is 1. The molecule has 0 aromatic rings. The highest BCUT2D eigenvalue weighted by atomic mass is 28.4. The van der Waals surface area contributed by atoms with Gasteiger partial charge in [0, 0.05) is 17.9 Å². The first kappa shape index (κ1) is 34.7. The number of allylic oxidation sites excluding steroid dienone is 1. The van der Waals surface area contributed by atoms with Crippen LogP contribution in [-0.4, -0.2) is 46.3 Å². The maximum absolute atomic E-state index is 14.2. The van der Waals surface area contributed by atoms with E-state index in [0.717, 1.165) is 19.3 Å². The average molecular weight is 529 g/mol. The van der Waals surface area contributed by atoms with E-state index in [-0.39, 0.29) is 46.5 Å². The fourth-order valence-electron chi connectivity index (χ4n) is 4.09. The molecule has 0 unspecified atom stereocenters. The lowest BCUT2D eigenvalue weighted by Crippen LogP contribution is -2.54. The first-order chi connectivity index (χ1) is 15.6. The van der Waals surface area contributed by atoms with Gasteiger partial charge < -0.3 is 14.0 Å². The summed E-state index contributed by atoms with van der Waals surface area (Å²) in [7, 11) is -4.21. The first-order valence-corrected chi connectivity index (χ1v) is 19.5. The molecular weight excluding hydrogens is 468 g/mol. The molecule has 0 saturated heterocycles. The Balaban J connectivity index is 6.18. The standard InChI is InChI=1S/C29H60O4Si2/c1-16-17-18-19-22(2)25(33-35(14,15)28(7,8)9)23(3)26(31)29(10,11)24(20-21-30)32-34(12,13)27(4,5)6/h16,22-25,30H,1,17-21H2,2-15H3/t22-,23+,24-,25-/m0/s1. The lowest BCUT2D eigenvalue weighted by atomic mass is 9.73. The highest BCUT2D eigenvalue weighted by Crippen LogP contribution is 2.43. The van der Waals surface area contributed by atoms with E-state index in [9.17, 15) is 9.90 Å². The van der Waals surface area contributed by atoms with Gasteiger partial charge in [-0.3, -0.25) is 4.79 Å². The maximum atomic E-state index is 14.2. The molecule has 0 aliphatic heterocycles. The molecule has 0 aliphatic carbocycles. The van der Waals surface area contributed by atoms with Gasteiger partial charge in [-0.15, -0.1) is 6.58 Å². The SMILES string of the molecule is C=CCCC[C@H](C)[C@H](O[Si](C)(C)C(C)(C)C)[C@@H](C)C(=O)C(C)(C)[C@H](CCO)O[Si](C)(C)C(C)(C)C. The van der Waals surface area contributed by atoms with Crippen molar-refractivity contribution in [1.82, 2.24) is 0 Å². The number of rotatable bonds is 15. The van der Waals surface area contributed by atoms with Crippen molar-refractivity contribution >= 4 is 22.4 Å². The summed E-state index contributed by atoms with van der Waals surface area (Å²) in [6.07, 6.45) is 4.98. The predicted molar refractivity (Wildman–Crippen MR) is 157 cm³/mol. The number of ketones is 1. The predicted octanol–water partition coefficient (Wildman–Crippen LogP) is 8.37. The van der Waals surface area contributed by atoms with Gasteiger partial charge >= 0.3 is 0 Å². The van der Waals surface area contributed by atoms with Crippen molar-refractivity contribution in [3.63, 3.8) is 0 Å². The van der Waals surface area contributed by atoms with E-state index in [1.54, 1.807) is 0 Å². The van der Waals surface area contributed by atoms with E-state index in [1.807, 2.05) is 26.8 Å². The van der Waals surface area contributed by atoms with Gasteiger partial charge in [0.15, 0.2) is 16.6 Å².